The molecular formula is C26H28N4O3S. The summed E-state index contributed by atoms with van der Waals surface area (Å²) in [5.74, 6) is 1.20. The molecule has 2 aromatic carbocycles. The maximum absolute atomic E-state index is 12.5. The van der Waals surface area contributed by atoms with E-state index in [1.807, 2.05) is 43.3 Å². The summed E-state index contributed by atoms with van der Waals surface area (Å²) >= 11 is 1.37. The summed E-state index contributed by atoms with van der Waals surface area (Å²) in [6.07, 6.45) is 4.58. The minimum atomic E-state index is -0.417. The Hall–Kier alpha value is -3.39. The van der Waals surface area contributed by atoms with Crippen molar-refractivity contribution in [1.82, 2.24) is 5.01 Å². The highest BCUT2D eigenvalue weighted by atomic mass is 32.2. The summed E-state index contributed by atoms with van der Waals surface area (Å²) in [4.78, 5) is 16.7. The number of amides is 1. The molecule has 0 spiro atoms. The molecule has 0 bridgehead atoms. The molecule has 1 N–H and O–H groups in total. The van der Waals surface area contributed by atoms with Gasteiger partial charge in [0.2, 0.25) is 5.17 Å². The first-order valence-electron chi connectivity index (χ1n) is 11.4. The van der Waals surface area contributed by atoms with Crippen LogP contribution in [0.2, 0.25) is 0 Å². The number of carbonyl (C=O) groups is 1. The summed E-state index contributed by atoms with van der Waals surface area (Å²) in [5, 5.41) is 15.8. The third-order valence-corrected chi connectivity index (χ3v) is 6.34. The van der Waals surface area contributed by atoms with Crippen molar-refractivity contribution < 1.29 is 14.3 Å². The van der Waals surface area contributed by atoms with Crippen LogP contribution in [-0.4, -0.2) is 40.2 Å². The number of thioether (sulfide) groups is 1. The minimum Gasteiger partial charge on any atom is -0.490 e. The highest BCUT2D eigenvalue weighted by Gasteiger charge is 2.35. The molecule has 1 amide bonds. The van der Waals surface area contributed by atoms with Crippen molar-refractivity contribution in [2.45, 2.75) is 40.0 Å². The number of hydrogen-bond acceptors (Lipinski definition) is 6. The van der Waals surface area contributed by atoms with Gasteiger partial charge < -0.3 is 9.47 Å². The molecule has 0 saturated carbocycles. The zero-order valence-electron chi connectivity index (χ0n) is 19.6. The van der Waals surface area contributed by atoms with E-state index < -0.39 is 5.91 Å². The lowest BCUT2D eigenvalue weighted by Crippen LogP contribution is -2.35. The first-order chi connectivity index (χ1) is 16.4. The van der Waals surface area contributed by atoms with Crippen LogP contribution < -0.4 is 9.47 Å². The lowest BCUT2D eigenvalue weighted by atomic mass is 10.1. The third-order valence-electron chi connectivity index (χ3n) is 5.37. The second-order valence-corrected chi connectivity index (χ2v) is 9.19. The van der Waals surface area contributed by atoms with Gasteiger partial charge in [0.05, 0.1) is 5.57 Å². The molecule has 176 valence electrons. The quantitative estimate of drug-likeness (QED) is 0.378. The Labute approximate surface area is 204 Å². The molecule has 4 rings (SSSR count). The van der Waals surface area contributed by atoms with E-state index in [1.165, 1.54) is 22.3 Å². The summed E-state index contributed by atoms with van der Waals surface area (Å²) < 4.78 is 11.6. The highest BCUT2D eigenvalue weighted by Crippen LogP contribution is 2.30. The molecule has 0 aliphatic carbocycles. The van der Waals surface area contributed by atoms with Crippen LogP contribution in [0.5, 0.6) is 11.5 Å². The number of benzene rings is 2. The Morgan fingerprint density at radius 1 is 1.09 bits per heavy atom. The number of aliphatic imine (C=N–C) groups is 1. The van der Waals surface area contributed by atoms with Crippen LogP contribution in [0.15, 0.2) is 58.1 Å². The summed E-state index contributed by atoms with van der Waals surface area (Å²) in [7, 11) is 0. The number of carbonyl (C=O) groups excluding carboxylic acids is 1. The Morgan fingerprint density at radius 3 is 2.59 bits per heavy atom. The number of unbranched alkanes of at least 4 members (excludes halogenated alkanes) is 1. The van der Waals surface area contributed by atoms with Crippen molar-refractivity contribution >= 4 is 39.8 Å². The van der Waals surface area contributed by atoms with Crippen LogP contribution in [0.3, 0.4) is 0 Å². The summed E-state index contributed by atoms with van der Waals surface area (Å²) in [6, 6.07) is 13.5. The zero-order valence-corrected chi connectivity index (χ0v) is 20.4. The number of aryl methyl sites for hydroxylation is 2. The number of hydrazone groups is 1. The Kier molecular flexibility index (Phi) is 7.47. The van der Waals surface area contributed by atoms with Crippen LogP contribution in [-0.2, 0) is 4.79 Å². The van der Waals surface area contributed by atoms with Crippen molar-refractivity contribution in [1.29, 1.82) is 5.41 Å². The lowest BCUT2D eigenvalue weighted by Gasteiger charge is -2.20. The van der Waals surface area contributed by atoms with E-state index in [0.29, 0.717) is 24.1 Å². The van der Waals surface area contributed by atoms with E-state index in [1.54, 1.807) is 6.08 Å². The van der Waals surface area contributed by atoms with Crippen molar-refractivity contribution in [2.24, 2.45) is 10.1 Å². The zero-order chi connectivity index (χ0) is 24.1. The van der Waals surface area contributed by atoms with E-state index in [0.717, 1.165) is 41.2 Å². The fourth-order valence-electron chi connectivity index (χ4n) is 3.56. The van der Waals surface area contributed by atoms with Gasteiger partial charge in [0.25, 0.3) is 5.91 Å². The monoisotopic (exact) mass is 476 g/mol. The van der Waals surface area contributed by atoms with E-state index in [2.05, 4.69) is 30.0 Å². The molecular weight excluding hydrogens is 448 g/mol. The van der Waals surface area contributed by atoms with Crippen LogP contribution in [0.4, 0.5) is 0 Å². The Morgan fingerprint density at radius 2 is 1.85 bits per heavy atom. The first-order valence-corrected chi connectivity index (χ1v) is 12.2. The number of amidine groups is 2. The molecule has 0 saturated heterocycles. The SMILES string of the molecule is CCCCC1=NN2C(=N)/C(=C\c3ccc(OCCOc4ccc(C)cc4C)cc3)C(=O)N=C2S1. The van der Waals surface area contributed by atoms with Gasteiger partial charge in [0.1, 0.15) is 29.8 Å². The van der Waals surface area contributed by atoms with Crippen molar-refractivity contribution in [3.8, 4) is 11.5 Å². The van der Waals surface area contributed by atoms with Gasteiger partial charge in [0.15, 0.2) is 5.84 Å². The van der Waals surface area contributed by atoms with E-state index in [9.17, 15) is 4.79 Å². The molecule has 0 unspecified atom stereocenters. The van der Waals surface area contributed by atoms with Gasteiger partial charge in [0, 0.05) is 0 Å². The van der Waals surface area contributed by atoms with Gasteiger partial charge in [-0.3, -0.25) is 10.2 Å². The molecule has 0 radical (unpaired) electrons. The minimum absolute atomic E-state index is 0.0536. The Balaban J connectivity index is 1.34. The number of fused-ring (bicyclic) bond motifs is 1. The van der Waals surface area contributed by atoms with Gasteiger partial charge in [-0.1, -0.05) is 43.2 Å². The van der Waals surface area contributed by atoms with E-state index >= 15 is 0 Å². The average Bonchev–Trinajstić information content (AvgIpc) is 3.23. The van der Waals surface area contributed by atoms with E-state index in [4.69, 9.17) is 14.9 Å². The van der Waals surface area contributed by atoms with Crippen LogP contribution >= 0.6 is 11.8 Å². The second-order valence-electron chi connectivity index (χ2n) is 8.15. The molecule has 0 aromatic heterocycles. The summed E-state index contributed by atoms with van der Waals surface area (Å²) in [6.45, 7) is 7.06. The number of nitrogens with zero attached hydrogens (tertiary/aromatic N) is 3. The molecule has 8 heteroatoms. The molecule has 2 aromatic rings. The van der Waals surface area contributed by atoms with Gasteiger partial charge in [-0.25, -0.2) is 0 Å². The predicted molar refractivity (Wildman–Crippen MR) is 138 cm³/mol. The molecule has 7 nitrogen and oxygen atoms in total. The molecule has 0 fully saturated rings. The number of nitrogens with one attached hydrogen (secondary N) is 1. The highest BCUT2D eigenvalue weighted by molar-refractivity contribution is 8.26. The molecule has 0 atom stereocenters. The maximum atomic E-state index is 12.5. The molecule has 2 aliphatic heterocycles. The molecule has 34 heavy (non-hydrogen) atoms. The summed E-state index contributed by atoms with van der Waals surface area (Å²) in [5.41, 5.74) is 3.32. The van der Waals surface area contributed by atoms with Crippen molar-refractivity contribution in [3.63, 3.8) is 0 Å². The van der Waals surface area contributed by atoms with Crippen LogP contribution in [0.25, 0.3) is 6.08 Å². The molecule has 2 heterocycles. The van der Waals surface area contributed by atoms with Gasteiger partial charge in [-0.05, 0) is 73.9 Å². The van der Waals surface area contributed by atoms with Gasteiger partial charge >= 0.3 is 0 Å². The van der Waals surface area contributed by atoms with E-state index in [-0.39, 0.29) is 11.4 Å². The Bertz CT molecular complexity index is 1190. The first kappa shape index (κ1) is 23.8. The number of ether oxygens (including phenoxy) is 2. The van der Waals surface area contributed by atoms with Gasteiger partial charge in [-0.2, -0.15) is 15.1 Å². The largest absolute Gasteiger partial charge is 0.490 e. The van der Waals surface area contributed by atoms with Crippen molar-refractivity contribution in [3.05, 3.63) is 64.7 Å². The predicted octanol–water partition coefficient (Wildman–Crippen LogP) is 5.57. The topological polar surface area (TPSA) is 87.3 Å². The fraction of sp³-hybridized carbons (Fsp3) is 0.308. The van der Waals surface area contributed by atoms with Crippen LogP contribution in [0.1, 0.15) is 42.9 Å². The fourth-order valence-corrected chi connectivity index (χ4v) is 4.49. The van der Waals surface area contributed by atoms with Crippen molar-refractivity contribution in [2.75, 3.05) is 13.2 Å². The number of rotatable bonds is 9. The van der Waals surface area contributed by atoms with Gasteiger partial charge in [-0.15, -0.1) is 0 Å². The smallest absolute Gasteiger partial charge is 0.283 e. The average molecular weight is 477 g/mol. The third kappa shape index (κ3) is 5.56. The maximum Gasteiger partial charge on any atom is 0.283 e. The second kappa shape index (κ2) is 10.7. The standard InChI is InChI=1S/C26H28N4O3S/c1-4-5-6-23-29-30-24(27)21(25(31)28-26(30)34-23)16-19-8-10-20(11-9-19)32-13-14-33-22-12-7-17(2)15-18(22)3/h7-12,15-16,27H,4-6,13-14H2,1-3H3/b21-16+,27-24?. The number of hydrogen-bond donors (Lipinski definition) is 1. The lowest BCUT2D eigenvalue weighted by molar-refractivity contribution is -0.114. The van der Waals surface area contributed by atoms with Crippen LogP contribution in [0, 0.1) is 19.3 Å². The normalized spacial score (nSPS) is 16.4. The molecule has 2 aliphatic rings.